The fraction of sp³-hybridized carbons (Fsp3) is 0. The molecule has 0 fully saturated rings. The first-order valence-corrected chi connectivity index (χ1v) is 23.7. The van der Waals surface area contributed by atoms with Gasteiger partial charge in [0.05, 0.1) is 22.1 Å². The molecule has 0 spiro atoms. The minimum Gasteiger partial charge on any atom is -0.310 e. The Balaban J connectivity index is 0.960. The van der Waals surface area contributed by atoms with Crippen LogP contribution in [0.4, 0.5) is 17.1 Å². The summed E-state index contributed by atoms with van der Waals surface area (Å²) in [6.07, 6.45) is 0. The minimum absolute atomic E-state index is 1.07. The summed E-state index contributed by atoms with van der Waals surface area (Å²) in [6.45, 7) is 0. The Morgan fingerprint density at radius 3 is 1.25 bits per heavy atom. The standard InChI is InChI=1S/C66H45N3/c1-3-19-46(20-4-1)54-25-7-9-27-57(54)58-28-10-8-26-55(58)47-37-39-50(40-38-47)67(51-41-43-52(44-42-51)68-63-34-14-11-29-59(63)60-30-12-15-35-64(60)68)53-24-17-21-48(45-53)56-32-18-33-62-61-31-13-16-36-65(61)69(66(56)62)49-22-5-2-6-23-49/h1-45H. The fourth-order valence-corrected chi connectivity index (χ4v) is 10.7. The van der Waals surface area contributed by atoms with Crippen LogP contribution in [0.5, 0.6) is 0 Å². The summed E-state index contributed by atoms with van der Waals surface area (Å²) in [5.41, 5.74) is 19.8. The predicted octanol–water partition coefficient (Wildman–Crippen LogP) is 18.0. The quantitative estimate of drug-likeness (QED) is 0.141. The van der Waals surface area contributed by atoms with E-state index < -0.39 is 0 Å². The van der Waals surface area contributed by atoms with E-state index >= 15 is 0 Å². The van der Waals surface area contributed by atoms with Crippen LogP contribution in [-0.2, 0) is 0 Å². The van der Waals surface area contributed by atoms with Crippen LogP contribution in [0.3, 0.4) is 0 Å². The lowest BCUT2D eigenvalue weighted by atomic mass is 9.89. The van der Waals surface area contributed by atoms with Gasteiger partial charge in [-0.05, 0) is 118 Å². The van der Waals surface area contributed by atoms with Gasteiger partial charge in [0.1, 0.15) is 0 Å². The van der Waals surface area contributed by atoms with E-state index in [1.807, 2.05) is 0 Å². The molecule has 69 heavy (non-hydrogen) atoms. The van der Waals surface area contributed by atoms with Crippen molar-refractivity contribution in [1.29, 1.82) is 0 Å². The molecule has 0 saturated heterocycles. The lowest BCUT2D eigenvalue weighted by molar-refractivity contribution is 1.17. The lowest BCUT2D eigenvalue weighted by Gasteiger charge is -2.27. The first kappa shape index (κ1) is 40.1. The second-order valence-electron chi connectivity index (χ2n) is 17.7. The van der Waals surface area contributed by atoms with Crippen molar-refractivity contribution in [3.05, 3.63) is 273 Å². The van der Waals surface area contributed by atoms with Gasteiger partial charge in [0, 0.05) is 55.5 Å². The number of nitrogens with zero attached hydrogens (tertiary/aromatic N) is 3. The van der Waals surface area contributed by atoms with Crippen LogP contribution in [-0.4, -0.2) is 9.13 Å². The van der Waals surface area contributed by atoms with E-state index in [9.17, 15) is 0 Å². The third-order valence-electron chi connectivity index (χ3n) is 13.7. The molecular weight excluding hydrogens is 835 g/mol. The number of hydrogen-bond donors (Lipinski definition) is 0. The van der Waals surface area contributed by atoms with Crippen LogP contribution in [0.1, 0.15) is 0 Å². The molecule has 0 radical (unpaired) electrons. The molecule has 0 aliphatic rings. The number of aromatic nitrogens is 2. The van der Waals surface area contributed by atoms with E-state index in [0.717, 1.165) is 39.6 Å². The molecule has 0 N–H and O–H groups in total. The highest BCUT2D eigenvalue weighted by Gasteiger charge is 2.20. The molecule has 0 saturated carbocycles. The van der Waals surface area contributed by atoms with Crippen molar-refractivity contribution in [2.75, 3.05) is 4.90 Å². The Labute approximate surface area is 401 Å². The molecule has 3 heteroatoms. The average Bonchev–Trinajstić information content (AvgIpc) is 3.95. The van der Waals surface area contributed by atoms with Crippen molar-refractivity contribution in [3.8, 4) is 55.9 Å². The molecule has 0 unspecified atom stereocenters. The highest BCUT2D eigenvalue weighted by atomic mass is 15.1. The number of hydrogen-bond acceptors (Lipinski definition) is 1. The minimum atomic E-state index is 1.07. The molecule has 0 aliphatic heterocycles. The zero-order chi connectivity index (χ0) is 45.7. The SMILES string of the molecule is c1ccc(-c2ccccc2-c2ccccc2-c2ccc(N(c3ccc(-n4c5ccccc5c5ccccc54)cc3)c3cccc(-c4cccc5c6ccccc6n(-c6ccccc6)c45)c3)cc2)cc1. The highest BCUT2D eigenvalue weighted by Crippen LogP contribution is 2.44. The summed E-state index contributed by atoms with van der Waals surface area (Å²) in [7, 11) is 0. The summed E-state index contributed by atoms with van der Waals surface area (Å²) in [4.78, 5) is 2.40. The Bertz CT molecular complexity index is 3940. The van der Waals surface area contributed by atoms with E-state index in [-0.39, 0.29) is 0 Å². The van der Waals surface area contributed by atoms with E-state index in [2.05, 4.69) is 287 Å². The van der Waals surface area contributed by atoms with Gasteiger partial charge >= 0.3 is 0 Å². The van der Waals surface area contributed by atoms with Crippen LogP contribution < -0.4 is 4.90 Å². The van der Waals surface area contributed by atoms with Crippen molar-refractivity contribution in [3.63, 3.8) is 0 Å². The third-order valence-corrected chi connectivity index (χ3v) is 13.7. The van der Waals surface area contributed by atoms with Gasteiger partial charge in [-0.15, -0.1) is 0 Å². The second-order valence-corrected chi connectivity index (χ2v) is 17.7. The monoisotopic (exact) mass is 879 g/mol. The fourth-order valence-electron chi connectivity index (χ4n) is 10.7. The Hall–Kier alpha value is -9.18. The largest absolute Gasteiger partial charge is 0.310 e. The van der Waals surface area contributed by atoms with E-state index in [1.165, 1.54) is 77.0 Å². The molecular formula is C66H45N3. The van der Waals surface area contributed by atoms with Gasteiger partial charge < -0.3 is 14.0 Å². The maximum absolute atomic E-state index is 2.42. The van der Waals surface area contributed by atoms with Crippen molar-refractivity contribution in [2.24, 2.45) is 0 Å². The first-order chi connectivity index (χ1) is 34.3. The number of fused-ring (bicyclic) bond motifs is 6. The van der Waals surface area contributed by atoms with Crippen LogP contribution in [0, 0.1) is 0 Å². The summed E-state index contributed by atoms with van der Waals surface area (Å²) >= 11 is 0. The average molecular weight is 880 g/mol. The maximum atomic E-state index is 2.42. The van der Waals surface area contributed by atoms with Gasteiger partial charge in [-0.25, -0.2) is 0 Å². The molecule has 0 atom stereocenters. The van der Waals surface area contributed by atoms with Gasteiger partial charge in [0.25, 0.3) is 0 Å². The lowest BCUT2D eigenvalue weighted by Crippen LogP contribution is -2.10. The van der Waals surface area contributed by atoms with E-state index in [4.69, 9.17) is 0 Å². The molecule has 11 aromatic carbocycles. The van der Waals surface area contributed by atoms with Crippen LogP contribution >= 0.6 is 0 Å². The molecule has 324 valence electrons. The van der Waals surface area contributed by atoms with Crippen LogP contribution in [0.25, 0.3) is 99.5 Å². The van der Waals surface area contributed by atoms with Crippen molar-refractivity contribution >= 4 is 60.7 Å². The summed E-state index contributed by atoms with van der Waals surface area (Å²) < 4.78 is 4.81. The van der Waals surface area contributed by atoms with E-state index in [0.29, 0.717) is 0 Å². The Kier molecular flexibility index (Phi) is 9.84. The molecule has 0 amide bonds. The number of benzene rings is 11. The Morgan fingerprint density at radius 1 is 0.232 bits per heavy atom. The van der Waals surface area contributed by atoms with Crippen molar-refractivity contribution in [2.45, 2.75) is 0 Å². The number of para-hydroxylation sites is 5. The van der Waals surface area contributed by atoms with Crippen molar-refractivity contribution in [1.82, 2.24) is 9.13 Å². The summed E-state index contributed by atoms with van der Waals surface area (Å²) in [6, 6.07) is 99.1. The second kappa shape index (κ2) is 16.9. The smallest absolute Gasteiger partial charge is 0.0619 e. The number of anilines is 3. The van der Waals surface area contributed by atoms with Crippen LogP contribution in [0.2, 0.25) is 0 Å². The van der Waals surface area contributed by atoms with E-state index in [1.54, 1.807) is 0 Å². The van der Waals surface area contributed by atoms with Gasteiger partial charge in [-0.2, -0.15) is 0 Å². The van der Waals surface area contributed by atoms with Gasteiger partial charge in [-0.1, -0.05) is 194 Å². The molecule has 0 bridgehead atoms. The summed E-state index contributed by atoms with van der Waals surface area (Å²) in [5, 5.41) is 4.98. The molecule has 3 nitrogen and oxygen atoms in total. The maximum Gasteiger partial charge on any atom is 0.0619 e. The zero-order valence-electron chi connectivity index (χ0n) is 37.8. The first-order valence-electron chi connectivity index (χ1n) is 23.7. The Morgan fingerprint density at radius 2 is 0.638 bits per heavy atom. The topological polar surface area (TPSA) is 13.1 Å². The highest BCUT2D eigenvalue weighted by molar-refractivity contribution is 6.14. The molecule has 13 aromatic rings. The number of rotatable bonds is 9. The predicted molar refractivity (Wildman–Crippen MR) is 292 cm³/mol. The van der Waals surface area contributed by atoms with Crippen LogP contribution in [0.15, 0.2) is 273 Å². The third kappa shape index (κ3) is 6.91. The molecule has 2 heterocycles. The van der Waals surface area contributed by atoms with Gasteiger partial charge in [0.15, 0.2) is 0 Å². The normalized spacial score (nSPS) is 11.5. The van der Waals surface area contributed by atoms with Gasteiger partial charge in [-0.3, -0.25) is 0 Å². The van der Waals surface area contributed by atoms with Crippen molar-refractivity contribution < 1.29 is 0 Å². The molecule has 0 aliphatic carbocycles. The molecule has 13 rings (SSSR count). The zero-order valence-corrected chi connectivity index (χ0v) is 37.8. The van der Waals surface area contributed by atoms with Gasteiger partial charge in [0.2, 0.25) is 0 Å². The summed E-state index contributed by atoms with van der Waals surface area (Å²) in [5.74, 6) is 0. The molecule has 2 aromatic heterocycles.